The first-order valence-corrected chi connectivity index (χ1v) is 7.27. The van der Waals surface area contributed by atoms with Gasteiger partial charge >= 0.3 is 5.97 Å². The van der Waals surface area contributed by atoms with Gasteiger partial charge in [-0.1, -0.05) is 11.6 Å². The maximum Gasteiger partial charge on any atom is 0.371 e. The highest BCUT2D eigenvalue weighted by atomic mass is 35.5. The van der Waals surface area contributed by atoms with Gasteiger partial charge in [-0.05, 0) is 19.2 Å². The molecule has 1 aliphatic rings. The predicted molar refractivity (Wildman–Crippen MR) is 84.2 cm³/mol. The summed E-state index contributed by atoms with van der Waals surface area (Å²) in [5.74, 6) is -1.63. The van der Waals surface area contributed by atoms with Gasteiger partial charge in [-0.15, -0.1) is 0 Å². The Hall–Kier alpha value is -2.05. The van der Waals surface area contributed by atoms with Gasteiger partial charge < -0.3 is 19.3 Å². The Morgan fingerprint density at radius 3 is 2.55 bits per heavy atom. The maximum absolute atomic E-state index is 12.1. The van der Waals surface area contributed by atoms with Gasteiger partial charge in [-0.2, -0.15) is 0 Å². The fourth-order valence-corrected chi connectivity index (χ4v) is 2.81. The van der Waals surface area contributed by atoms with Crippen LogP contribution >= 0.6 is 11.6 Å². The number of likely N-dealkylation sites (N-methyl/N-ethyl adjacent to an activating group) is 1. The van der Waals surface area contributed by atoms with E-state index < -0.39 is 11.4 Å². The Balaban J connectivity index is 2.20. The molecule has 116 valence electrons. The van der Waals surface area contributed by atoms with Gasteiger partial charge in [0.15, 0.2) is 11.0 Å². The number of nitrogens with zero attached hydrogens (tertiary/aromatic N) is 2. The van der Waals surface area contributed by atoms with Crippen LogP contribution in [0.5, 0.6) is 0 Å². The molecule has 3 rings (SSSR count). The molecule has 1 aromatic heterocycles. The van der Waals surface area contributed by atoms with E-state index in [9.17, 15) is 9.59 Å². The van der Waals surface area contributed by atoms with E-state index in [-0.39, 0.29) is 11.3 Å². The molecule has 0 aliphatic carbocycles. The van der Waals surface area contributed by atoms with Crippen LogP contribution in [0.2, 0.25) is 5.02 Å². The molecule has 2 aromatic rings. The summed E-state index contributed by atoms with van der Waals surface area (Å²) in [6, 6.07) is 4.20. The molecule has 1 aliphatic heterocycles. The van der Waals surface area contributed by atoms with Crippen molar-refractivity contribution in [2.45, 2.75) is 0 Å². The first kappa shape index (κ1) is 14.9. The Bertz CT molecular complexity index is 794. The molecule has 0 bridgehead atoms. The summed E-state index contributed by atoms with van der Waals surface area (Å²) in [4.78, 5) is 27.5. The molecule has 6 nitrogen and oxygen atoms in total. The van der Waals surface area contributed by atoms with Crippen molar-refractivity contribution in [3.8, 4) is 0 Å². The van der Waals surface area contributed by atoms with Crippen LogP contribution in [0.1, 0.15) is 10.6 Å². The number of carbonyl (C=O) groups is 1. The van der Waals surface area contributed by atoms with Crippen molar-refractivity contribution < 1.29 is 14.3 Å². The minimum absolute atomic E-state index is 0.277. The quantitative estimate of drug-likeness (QED) is 0.910. The Morgan fingerprint density at radius 1 is 1.23 bits per heavy atom. The zero-order chi connectivity index (χ0) is 15.9. The summed E-state index contributed by atoms with van der Waals surface area (Å²) in [7, 11) is 2.04. The number of hydrogen-bond acceptors (Lipinski definition) is 5. The molecular formula is C15H15ClN2O4. The number of hydrogen-bond donors (Lipinski definition) is 1. The second-order valence-corrected chi connectivity index (χ2v) is 5.81. The van der Waals surface area contributed by atoms with Gasteiger partial charge in [0.25, 0.3) is 0 Å². The van der Waals surface area contributed by atoms with Crippen molar-refractivity contribution in [1.29, 1.82) is 0 Å². The SMILES string of the molecule is CN1CCN(c2cc(Cl)cc3c(=O)cc(C(=O)O)oc23)CC1. The molecule has 1 saturated heterocycles. The largest absolute Gasteiger partial charge is 0.475 e. The molecular weight excluding hydrogens is 308 g/mol. The predicted octanol–water partition coefficient (Wildman–Crippen LogP) is 1.90. The topological polar surface area (TPSA) is 74.0 Å². The number of rotatable bonds is 2. The normalized spacial score (nSPS) is 16.2. The van der Waals surface area contributed by atoms with E-state index in [0.29, 0.717) is 16.1 Å². The van der Waals surface area contributed by atoms with Gasteiger partial charge in [-0.25, -0.2) is 4.79 Å². The Labute approximate surface area is 131 Å². The lowest BCUT2D eigenvalue weighted by Gasteiger charge is -2.34. The van der Waals surface area contributed by atoms with Gasteiger partial charge in [0.1, 0.15) is 0 Å². The first-order valence-electron chi connectivity index (χ1n) is 6.90. The number of anilines is 1. The highest BCUT2D eigenvalue weighted by Crippen LogP contribution is 2.30. The fraction of sp³-hybridized carbons (Fsp3) is 0.333. The maximum atomic E-state index is 12.1. The Kier molecular flexibility index (Phi) is 3.80. The third-order valence-corrected chi connectivity index (χ3v) is 4.05. The van der Waals surface area contributed by atoms with E-state index >= 15 is 0 Å². The smallest absolute Gasteiger partial charge is 0.371 e. The number of fused-ring (bicyclic) bond motifs is 1. The van der Waals surface area contributed by atoms with Crippen molar-refractivity contribution in [2.75, 3.05) is 38.1 Å². The summed E-state index contributed by atoms with van der Waals surface area (Å²) < 4.78 is 5.46. The minimum Gasteiger partial charge on any atom is -0.475 e. The summed E-state index contributed by atoms with van der Waals surface area (Å²) in [5, 5.41) is 9.81. The lowest BCUT2D eigenvalue weighted by molar-refractivity contribution is 0.0663. The van der Waals surface area contributed by atoms with Gasteiger partial charge in [0.05, 0.1) is 11.1 Å². The molecule has 1 fully saturated rings. The number of aromatic carboxylic acids is 1. The van der Waals surface area contributed by atoms with Gasteiger partial charge in [-0.3, -0.25) is 4.79 Å². The second kappa shape index (κ2) is 5.62. The molecule has 22 heavy (non-hydrogen) atoms. The van der Waals surface area contributed by atoms with Crippen LogP contribution in [0.3, 0.4) is 0 Å². The summed E-state index contributed by atoms with van der Waals surface area (Å²) in [6.45, 7) is 3.26. The third kappa shape index (κ3) is 2.67. The molecule has 7 heteroatoms. The second-order valence-electron chi connectivity index (χ2n) is 5.37. The zero-order valence-corrected chi connectivity index (χ0v) is 12.8. The monoisotopic (exact) mass is 322 g/mol. The first-order chi connectivity index (χ1) is 10.5. The van der Waals surface area contributed by atoms with E-state index in [4.69, 9.17) is 21.1 Å². The third-order valence-electron chi connectivity index (χ3n) is 3.83. The molecule has 0 atom stereocenters. The van der Waals surface area contributed by atoms with E-state index in [1.165, 1.54) is 6.07 Å². The van der Waals surface area contributed by atoms with E-state index in [1.54, 1.807) is 6.07 Å². The zero-order valence-electron chi connectivity index (χ0n) is 12.0. The van der Waals surface area contributed by atoms with E-state index in [0.717, 1.165) is 32.2 Å². The Morgan fingerprint density at radius 2 is 1.91 bits per heavy atom. The van der Waals surface area contributed by atoms with Crippen LogP contribution in [0, 0.1) is 0 Å². The van der Waals surface area contributed by atoms with Crippen molar-refractivity contribution in [2.24, 2.45) is 0 Å². The van der Waals surface area contributed by atoms with Crippen LogP contribution in [0.15, 0.2) is 27.4 Å². The average Bonchev–Trinajstić information content (AvgIpc) is 2.48. The van der Waals surface area contributed by atoms with Crippen molar-refractivity contribution in [3.63, 3.8) is 0 Å². The highest BCUT2D eigenvalue weighted by Gasteiger charge is 2.21. The molecule has 1 N–H and O–H groups in total. The van der Waals surface area contributed by atoms with Crippen LogP contribution in [-0.4, -0.2) is 49.2 Å². The van der Waals surface area contributed by atoms with Crippen LogP contribution in [0.25, 0.3) is 11.0 Å². The summed E-state index contributed by atoms with van der Waals surface area (Å²) >= 11 is 6.11. The molecule has 0 radical (unpaired) electrons. The average molecular weight is 323 g/mol. The van der Waals surface area contributed by atoms with Crippen molar-refractivity contribution in [3.05, 3.63) is 39.2 Å². The van der Waals surface area contributed by atoms with Crippen molar-refractivity contribution in [1.82, 2.24) is 4.90 Å². The number of benzene rings is 1. The molecule has 1 aromatic carbocycles. The van der Waals surface area contributed by atoms with E-state index in [1.807, 2.05) is 7.05 Å². The molecule has 0 spiro atoms. The minimum atomic E-state index is -1.27. The fourth-order valence-electron chi connectivity index (χ4n) is 2.59. The van der Waals surface area contributed by atoms with Crippen LogP contribution in [0.4, 0.5) is 5.69 Å². The van der Waals surface area contributed by atoms with Gasteiger partial charge in [0.2, 0.25) is 5.76 Å². The lowest BCUT2D eigenvalue weighted by atomic mass is 10.1. The number of carboxylic acid groups (broad SMARTS) is 1. The summed E-state index contributed by atoms with van der Waals surface area (Å²) in [6.07, 6.45) is 0. The molecule has 2 heterocycles. The van der Waals surface area contributed by atoms with Gasteiger partial charge in [0, 0.05) is 37.3 Å². The lowest BCUT2D eigenvalue weighted by Crippen LogP contribution is -2.44. The highest BCUT2D eigenvalue weighted by molar-refractivity contribution is 6.31. The van der Waals surface area contributed by atoms with E-state index in [2.05, 4.69) is 9.80 Å². The molecule has 0 unspecified atom stereocenters. The standard InChI is InChI=1S/C15H15ClN2O4/c1-17-2-4-18(5-3-17)11-7-9(16)6-10-12(19)8-13(15(20)21)22-14(10)11/h6-8H,2-5H2,1H3,(H,20,21). The molecule has 0 saturated carbocycles. The summed E-state index contributed by atoms with van der Waals surface area (Å²) in [5.41, 5.74) is 0.534. The number of carboxylic acids is 1. The van der Waals surface area contributed by atoms with Crippen LogP contribution < -0.4 is 10.3 Å². The number of halogens is 1. The van der Waals surface area contributed by atoms with Crippen LogP contribution in [-0.2, 0) is 0 Å². The molecule has 0 amide bonds. The van der Waals surface area contributed by atoms with Crippen molar-refractivity contribution >= 4 is 34.2 Å². The number of piperazine rings is 1.